The summed E-state index contributed by atoms with van der Waals surface area (Å²) in [7, 11) is 0. The van der Waals surface area contributed by atoms with E-state index in [-0.39, 0.29) is 19.1 Å². The van der Waals surface area contributed by atoms with E-state index in [1.807, 2.05) is 26.0 Å². The van der Waals surface area contributed by atoms with Crippen LogP contribution in [0.25, 0.3) is 0 Å². The van der Waals surface area contributed by atoms with E-state index >= 15 is 0 Å². The molecule has 0 aliphatic heterocycles. The van der Waals surface area contributed by atoms with Gasteiger partial charge in [-0.2, -0.15) is 0 Å². The number of halogens is 2. The number of ether oxygens (including phenoxy) is 1. The molecule has 0 radical (unpaired) electrons. The third kappa shape index (κ3) is 6.03. The molecule has 0 aliphatic carbocycles. The Hall–Kier alpha value is -2.41. The van der Waals surface area contributed by atoms with Crippen molar-refractivity contribution in [2.45, 2.75) is 40.3 Å². The summed E-state index contributed by atoms with van der Waals surface area (Å²) in [6.07, 6.45) is 0. The number of hydrogen-bond acceptors (Lipinski definition) is 3. The van der Waals surface area contributed by atoms with Crippen LogP contribution in [0, 0.1) is 19.7 Å². The first-order chi connectivity index (χ1) is 13.7. The number of aryl methyl sites for hydroxylation is 2. The van der Waals surface area contributed by atoms with Gasteiger partial charge < -0.3 is 15.0 Å². The van der Waals surface area contributed by atoms with Crippen molar-refractivity contribution in [1.29, 1.82) is 0 Å². The number of hydrogen-bond donors (Lipinski definition) is 1. The molecule has 7 heteroatoms. The number of nitrogens with zero attached hydrogens (tertiary/aromatic N) is 1. The van der Waals surface area contributed by atoms with Gasteiger partial charge in [-0.25, -0.2) is 4.39 Å². The standard InChI is InChI=1S/C22H26BrFN2O3/c1-5-25-22(28)16(4)26(12-17-8-6-7-9-19(17)24)20(27)13-29-18-10-14(2)21(23)15(3)11-18/h6-11,16H,5,12-13H2,1-4H3,(H,25,28)/t16-/m0/s1. The molecule has 2 rings (SSSR count). The summed E-state index contributed by atoms with van der Waals surface area (Å²) in [6, 6.07) is 9.11. The second kappa shape index (κ2) is 10.4. The van der Waals surface area contributed by atoms with Crippen molar-refractivity contribution in [1.82, 2.24) is 10.2 Å². The monoisotopic (exact) mass is 464 g/mol. The summed E-state index contributed by atoms with van der Waals surface area (Å²) in [6.45, 7) is 7.47. The van der Waals surface area contributed by atoms with Crippen LogP contribution in [0.4, 0.5) is 4.39 Å². The molecular weight excluding hydrogens is 439 g/mol. The van der Waals surface area contributed by atoms with E-state index in [4.69, 9.17) is 4.74 Å². The fourth-order valence-corrected chi connectivity index (χ4v) is 3.16. The lowest BCUT2D eigenvalue weighted by molar-refractivity contribution is -0.142. The average molecular weight is 465 g/mol. The maximum Gasteiger partial charge on any atom is 0.261 e. The molecule has 0 unspecified atom stereocenters. The molecule has 1 atom stereocenters. The molecule has 29 heavy (non-hydrogen) atoms. The minimum atomic E-state index is -0.765. The highest BCUT2D eigenvalue weighted by molar-refractivity contribution is 9.10. The van der Waals surface area contributed by atoms with Crippen molar-refractivity contribution in [3.63, 3.8) is 0 Å². The molecule has 0 aliphatic rings. The molecule has 2 amide bonds. The lowest BCUT2D eigenvalue weighted by atomic mass is 10.1. The van der Waals surface area contributed by atoms with Gasteiger partial charge in [0.1, 0.15) is 17.6 Å². The maximum atomic E-state index is 14.1. The highest BCUT2D eigenvalue weighted by atomic mass is 79.9. The SMILES string of the molecule is CCNC(=O)[C@H](C)N(Cc1ccccc1F)C(=O)COc1cc(C)c(Br)c(C)c1. The highest BCUT2D eigenvalue weighted by Crippen LogP contribution is 2.26. The van der Waals surface area contributed by atoms with Crippen molar-refractivity contribution >= 4 is 27.7 Å². The zero-order valence-electron chi connectivity index (χ0n) is 17.1. The van der Waals surface area contributed by atoms with Crippen molar-refractivity contribution in [2.75, 3.05) is 13.2 Å². The Balaban J connectivity index is 2.19. The van der Waals surface area contributed by atoms with Gasteiger partial charge in [-0.1, -0.05) is 34.1 Å². The summed E-state index contributed by atoms with van der Waals surface area (Å²) in [5, 5.41) is 2.70. The zero-order valence-corrected chi connectivity index (χ0v) is 18.7. The number of rotatable bonds is 8. The van der Waals surface area contributed by atoms with Gasteiger partial charge in [0.05, 0.1) is 0 Å². The van der Waals surface area contributed by atoms with Crippen LogP contribution < -0.4 is 10.1 Å². The molecule has 0 saturated carbocycles. The Labute approximate surface area is 179 Å². The molecule has 0 aromatic heterocycles. The number of benzene rings is 2. The molecule has 5 nitrogen and oxygen atoms in total. The predicted molar refractivity (Wildman–Crippen MR) is 114 cm³/mol. The molecule has 1 N–H and O–H groups in total. The summed E-state index contributed by atoms with van der Waals surface area (Å²) >= 11 is 3.50. The average Bonchev–Trinajstić information content (AvgIpc) is 2.69. The first-order valence-corrected chi connectivity index (χ1v) is 10.2. The predicted octanol–water partition coefficient (Wildman–Crippen LogP) is 4.14. The maximum absolute atomic E-state index is 14.1. The van der Waals surface area contributed by atoms with Gasteiger partial charge in [0.25, 0.3) is 5.91 Å². The van der Waals surface area contributed by atoms with Gasteiger partial charge in [-0.05, 0) is 57.0 Å². The lowest BCUT2D eigenvalue weighted by Crippen LogP contribution is -2.49. The number of carbonyl (C=O) groups is 2. The first-order valence-electron chi connectivity index (χ1n) is 9.44. The van der Waals surface area contributed by atoms with Crippen molar-refractivity contribution in [2.24, 2.45) is 0 Å². The minimum Gasteiger partial charge on any atom is -0.484 e. The fraction of sp³-hybridized carbons (Fsp3) is 0.364. The van der Waals surface area contributed by atoms with Gasteiger partial charge in [0.15, 0.2) is 6.61 Å². The van der Waals surface area contributed by atoms with Gasteiger partial charge in [-0.3, -0.25) is 9.59 Å². The van der Waals surface area contributed by atoms with Crippen LogP contribution in [0.3, 0.4) is 0 Å². The van der Waals surface area contributed by atoms with Crippen molar-refractivity contribution < 1.29 is 18.7 Å². The molecule has 0 fully saturated rings. The minimum absolute atomic E-state index is 0.0223. The third-order valence-electron chi connectivity index (χ3n) is 4.59. The Morgan fingerprint density at radius 1 is 1.21 bits per heavy atom. The molecule has 2 aromatic carbocycles. The van der Waals surface area contributed by atoms with Crippen LogP contribution in [-0.4, -0.2) is 35.9 Å². The van der Waals surface area contributed by atoms with Crippen LogP contribution in [0.2, 0.25) is 0 Å². The zero-order chi connectivity index (χ0) is 21.6. The molecule has 0 bridgehead atoms. The van der Waals surface area contributed by atoms with E-state index < -0.39 is 17.8 Å². The normalized spacial score (nSPS) is 11.7. The molecule has 0 heterocycles. The van der Waals surface area contributed by atoms with Gasteiger partial charge in [-0.15, -0.1) is 0 Å². The second-order valence-corrected chi connectivity index (χ2v) is 7.64. The summed E-state index contributed by atoms with van der Waals surface area (Å²) in [5.74, 6) is -0.556. The van der Waals surface area contributed by atoms with Crippen LogP contribution in [0.1, 0.15) is 30.5 Å². The Morgan fingerprint density at radius 3 is 2.41 bits per heavy atom. The van der Waals surface area contributed by atoms with Gasteiger partial charge in [0, 0.05) is 23.1 Å². The summed E-state index contributed by atoms with van der Waals surface area (Å²) in [5.41, 5.74) is 2.32. The smallest absolute Gasteiger partial charge is 0.261 e. The molecule has 0 spiro atoms. The third-order valence-corrected chi connectivity index (χ3v) is 5.84. The Bertz CT molecular complexity index is 865. The van der Waals surface area contributed by atoms with Crippen molar-refractivity contribution in [3.8, 4) is 5.75 Å². The van der Waals surface area contributed by atoms with E-state index in [1.54, 1.807) is 32.0 Å². The van der Waals surface area contributed by atoms with Crippen LogP contribution in [0.15, 0.2) is 40.9 Å². The molecule has 2 aromatic rings. The topological polar surface area (TPSA) is 58.6 Å². The van der Waals surface area contributed by atoms with Crippen LogP contribution in [0.5, 0.6) is 5.75 Å². The van der Waals surface area contributed by atoms with E-state index in [9.17, 15) is 14.0 Å². The quantitative estimate of drug-likeness (QED) is 0.638. The second-order valence-electron chi connectivity index (χ2n) is 6.84. The van der Waals surface area contributed by atoms with E-state index in [2.05, 4.69) is 21.2 Å². The molecular formula is C22H26BrFN2O3. The number of likely N-dealkylation sites (N-methyl/N-ethyl adjacent to an activating group) is 1. The van der Waals surface area contributed by atoms with Crippen molar-refractivity contribution in [3.05, 3.63) is 63.4 Å². The first kappa shape index (κ1) is 22.9. The van der Waals surface area contributed by atoms with E-state index in [0.29, 0.717) is 17.9 Å². The molecule has 0 saturated heterocycles. The number of nitrogens with one attached hydrogen (secondary N) is 1. The van der Waals surface area contributed by atoms with E-state index in [0.717, 1.165) is 15.6 Å². The fourth-order valence-electron chi connectivity index (χ4n) is 2.93. The Kier molecular flexibility index (Phi) is 8.20. The summed E-state index contributed by atoms with van der Waals surface area (Å²) in [4.78, 5) is 26.6. The number of amides is 2. The van der Waals surface area contributed by atoms with E-state index in [1.165, 1.54) is 11.0 Å². The van der Waals surface area contributed by atoms with Crippen LogP contribution >= 0.6 is 15.9 Å². The molecule has 156 valence electrons. The highest BCUT2D eigenvalue weighted by Gasteiger charge is 2.27. The van der Waals surface area contributed by atoms with Crippen LogP contribution in [-0.2, 0) is 16.1 Å². The lowest BCUT2D eigenvalue weighted by Gasteiger charge is -2.28. The number of carbonyl (C=O) groups excluding carboxylic acids is 2. The van der Waals surface area contributed by atoms with Gasteiger partial charge >= 0.3 is 0 Å². The Morgan fingerprint density at radius 2 is 1.83 bits per heavy atom. The summed E-state index contributed by atoms with van der Waals surface area (Å²) < 4.78 is 20.8. The largest absolute Gasteiger partial charge is 0.484 e. The van der Waals surface area contributed by atoms with Gasteiger partial charge in [0.2, 0.25) is 5.91 Å².